The number of hydrogen-bond acceptors (Lipinski definition) is 3. The Morgan fingerprint density at radius 3 is 2.70 bits per heavy atom. The van der Waals surface area contributed by atoms with E-state index in [1.807, 2.05) is 4.90 Å². The number of halogens is 1. The van der Waals surface area contributed by atoms with Gasteiger partial charge in [0, 0.05) is 25.2 Å². The Labute approximate surface area is 118 Å². The van der Waals surface area contributed by atoms with Gasteiger partial charge >= 0.3 is 5.97 Å². The van der Waals surface area contributed by atoms with E-state index < -0.39 is 12.0 Å². The molecule has 0 radical (unpaired) electrons. The molecule has 2 aliphatic rings. The molecule has 1 saturated heterocycles. The number of nitrogens with zero attached hydrogens (tertiary/aromatic N) is 2. The minimum absolute atomic E-state index is 0.329. The molecule has 1 aliphatic carbocycles. The van der Waals surface area contributed by atoms with E-state index in [1.54, 1.807) is 6.08 Å². The maximum atomic E-state index is 14.1. The molecule has 1 unspecified atom stereocenters. The molecular weight excluding hydrogens is 259 g/mol. The average molecular weight is 278 g/mol. The minimum Gasteiger partial charge on any atom is -0.479 e. The lowest BCUT2D eigenvalue weighted by molar-refractivity contribution is -0.137. The number of carbonyl (C=O) groups is 1. The van der Waals surface area contributed by atoms with Crippen LogP contribution in [0.25, 0.3) is 0 Å². The van der Waals surface area contributed by atoms with Crippen molar-refractivity contribution in [2.45, 2.75) is 31.7 Å². The van der Waals surface area contributed by atoms with Gasteiger partial charge in [-0.15, -0.1) is 6.58 Å². The van der Waals surface area contributed by atoms with E-state index in [0.717, 1.165) is 25.9 Å². The molecular formula is C15H19FN2O2. The third-order valence-corrected chi connectivity index (χ3v) is 3.52. The highest BCUT2D eigenvalue weighted by Crippen LogP contribution is 2.25. The van der Waals surface area contributed by atoms with Crippen LogP contribution in [0.1, 0.15) is 25.7 Å². The number of piperidine rings is 1. The van der Waals surface area contributed by atoms with E-state index in [2.05, 4.69) is 11.6 Å². The number of carboxylic acid groups (broad SMARTS) is 1. The Morgan fingerprint density at radius 2 is 2.15 bits per heavy atom. The lowest BCUT2D eigenvalue weighted by atomic mass is 10.0. The second-order valence-corrected chi connectivity index (χ2v) is 4.97. The molecule has 0 aromatic carbocycles. The van der Waals surface area contributed by atoms with E-state index in [0.29, 0.717) is 17.8 Å². The Kier molecular flexibility index (Phi) is 4.71. The molecule has 1 atom stereocenters. The standard InChI is InChI=1S/C15H19FN2O2/c1-2-13(15(19)20)17-11-6-7-14(12(16)10-11)18-8-4-3-5-9-18/h2,7,10,13H,1,3-6,8-9H2,(H,19,20). The van der Waals surface area contributed by atoms with Gasteiger partial charge in [0.15, 0.2) is 6.04 Å². The summed E-state index contributed by atoms with van der Waals surface area (Å²) in [6.45, 7) is 5.19. The number of aliphatic carboxylic acids is 1. The quantitative estimate of drug-likeness (QED) is 0.804. The smallest absolute Gasteiger partial charge is 0.332 e. The van der Waals surface area contributed by atoms with Gasteiger partial charge in [0.1, 0.15) is 5.83 Å². The summed E-state index contributed by atoms with van der Waals surface area (Å²) in [7, 11) is 0. The topological polar surface area (TPSA) is 52.9 Å². The molecule has 1 N–H and O–H groups in total. The molecule has 1 aliphatic heterocycles. The first kappa shape index (κ1) is 14.5. The fourth-order valence-electron chi connectivity index (χ4n) is 2.47. The number of likely N-dealkylation sites (tertiary alicyclic amines) is 1. The van der Waals surface area contributed by atoms with Crippen molar-refractivity contribution in [2.24, 2.45) is 4.99 Å². The molecule has 0 bridgehead atoms. The second kappa shape index (κ2) is 6.50. The van der Waals surface area contributed by atoms with Gasteiger partial charge in [-0.1, -0.05) is 12.2 Å². The predicted octanol–water partition coefficient (Wildman–Crippen LogP) is 2.69. The van der Waals surface area contributed by atoms with Gasteiger partial charge in [0.05, 0.1) is 5.70 Å². The van der Waals surface area contributed by atoms with Crippen LogP contribution in [0.15, 0.2) is 41.3 Å². The molecule has 0 saturated carbocycles. The second-order valence-electron chi connectivity index (χ2n) is 4.97. The normalized spacial score (nSPS) is 23.1. The monoisotopic (exact) mass is 278 g/mol. The van der Waals surface area contributed by atoms with Crippen LogP contribution >= 0.6 is 0 Å². The summed E-state index contributed by atoms with van der Waals surface area (Å²) in [6, 6.07) is -1.01. The van der Waals surface area contributed by atoms with Crippen LogP contribution in [0.2, 0.25) is 0 Å². The third kappa shape index (κ3) is 3.35. The van der Waals surface area contributed by atoms with Gasteiger partial charge in [0.25, 0.3) is 0 Å². The number of aliphatic imine (C=N–C) groups is 1. The molecule has 2 rings (SSSR count). The molecule has 0 amide bonds. The Hall–Kier alpha value is -1.91. The summed E-state index contributed by atoms with van der Waals surface area (Å²) in [6.07, 6.45) is 8.19. The largest absolute Gasteiger partial charge is 0.479 e. The zero-order valence-electron chi connectivity index (χ0n) is 11.4. The van der Waals surface area contributed by atoms with Crippen LogP contribution in [-0.2, 0) is 4.79 Å². The fourth-order valence-corrected chi connectivity index (χ4v) is 2.47. The SMILES string of the molecule is C=CC(N=C1C=C(F)C(N2CCCCC2)=CC1)C(=O)O. The Balaban J connectivity index is 2.10. The van der Waals surface area contributed by atoms with Gasteiger partial charge in [-0.25, -0.2) is 9.18 Å². The summed E-state index contributed by atoms with van der Waals surface area (Å²) in [5.41, 5.74) is 1.06. The maximum absolute atomic E-state index is 14.1. The van der Waals surface area contributed by atoms with Crippen molar-refractivity contribution >= 4 is 11.7 Å². The molecule has 5 heteroatoms. The van der Waals surface area contributed by atoms with Crippen molar-refractivity contribution in [3.8, 4) is 0 Å². The number of rotatable bonds is 4. The summed E-state index contributed by atoms with van der Waals surface area (Å²) >= 11 is 0. The van der Waals surface area contributed by atoms with Crippen molar-refractivity contribution in [2.75, 3.05) is 13.1 Å². The first-order valence-corrected chi connectivity index (χ1v) is 6.86. The van der Waals surface area contributed by atoms with E-state index in [9.17, 15) is 9.18 Å². The van der Waals surface area contributed by atoms with Crippen LogP contribution in [0, 0.1) is 0 Å². The molecule has 1 heterocycles. The van der Waals surface area contributed by atoms with Crippen LogP contribution in [0.5, 0.6) is 0 Å². The highest BCUT2D eigenvalue weighted by Gasteiger charge is 2.21. The number of allylic oxidation sites excluding steroid dienone is 3. The zero-order valence-corrected chi connectivity index (χ0v) is 11.4. The van der Waals surface area contributed by atoms with Crippen molar-refractivity contribution in [3.63, 3.8) is 0 Å². The average Bonchev–Trinajstić information content (AvgIpc) is 2.45. The maximum Gasteiger partial charge on any atom is 0.332 e. The zero-order chi connectivity index (χ0) is 14.5. The summed E-state index contributed by atoms with van der Waals surface area (Å²) < 4.78 is 14.1. The lowest BCUT2D eigenvalue weighted by Crippen LogP contribution is -2.30. The van der Waals surface area contributed by atoms with Gasteiger partial charge in [-0.3, -0.25) is 4.99 Å². The van der Waals surface area contributed by atoms with Crippen LogP contribution in [-0.4, -0.2) is 40.8 Å². The van der Waals surface area contributed by atoms with E-state index in [1.165, 1.54) is 18.6 Å². The van der Waals surface area contributed by atoms with Crippen molar-refractivity contribution < 1.29 is 14.3 Å². The van der Waals surface area contributed by atoms with E-state index in [-0.39, 0.29) is 5.83 Å². The minimum atomic E-state index is -1.08. The van der Waals surface area contributed by atoms with Crippen molar-refractivity contribution in [3.05, 3.63) is 36.3 Å². The Morgan fingerprint density at radius 1 is 1.45 bits per heavy atom. The number of carboxylic acids is 1. The molecule has 108 valence electrons. The molecule has 20 heavy (non-hydrogen) atoms. The first-order valence-electron chi connectivity index (χ1n) is 6.86. The molecule has 0 spiro atoms. The lowest BCUT2D eigenvalue weighted by Gasteiger charge is -2.31. The van der Waals surface area contributed by atoms with Gasteiger partial charge < -0.3 is 10.0 Å². The first-order chi connectivity index (χ1) is 9.61. The van der Waals surface area contributed by atoms with Crippen molar-refractivity contribution in [1.82, 2.24) is 4.90 Å². The predicted molar refractivity (Wildman–Crippen MR) is 76.4 cm³/mol. The molecule has 4 nitrogen and oxygen atoms in total. The fraction of sp³-hybridized carbons (Fsp3) is 0.467. The summed E-state index contributed by atoms with van der Waals surface area (Å²) in [4.78, 5) is 16.9. The van der Waals surface area contributed by atoms with Crippen LogP contribution in [0.4, 0.5) is 4.39 Å². The van der Waals surface area contributed by atoms with Gasteiger partial charge in [-0.2, -0.15) is 0 Å². The molecule has 1 fully saturated rings. The van der Waals surface area contributed by atoms with Crippen LogP contribution in [0.3, 0.4) is 0 Å². The number of hydrogen-bond donors (Lipinski definition) is 1. The van der Waals surface area contributed by atoms with E-state index in [4.69, 9.17) is 5.11 Å². The van der Waals surface area contributed by atoms with Gasteiger partial charge in [-0.05, 0) is 25.3 Å². The summed E-state index contributed by atoms with van der Waals surface area (Å²) in [5.74, 6) is -1.41. The highest BCUT2D eigenvalue weighted by molar-refractivity contribution is 5.99. The van der Waals surface area contributed by atoms with Crippen LogP contribution < -0.4 is 0 Å². The molecule has 0 aromatic rings. The van der Waals surface area contributed by atoms with Gasteiger partial charge in [0.2, 0.25) is 0 Å². The third-order valence-electron chi connectivity index (χ3n) is 3.52. The summed E-state index contributed by atoms with van der Waals surface area (Å²) in [5, 5.41) is 8.91. The molecule has 0 aromatic heterocycles. The Bertz CT molecular complexity index is 488. The van der Waals surface area contributed by atoms with Crippen molar-refractivity contribution in [1.29, 1.82) is 0 Å². The highest BCUT2D eigenvalue weighted by atomic mass is 19.1. The van der Waals surface area contributed by atoms with E-state index >= 15 is 0 Å².